The summed E-state index contributed by atoms with van der Waals surface area (Å²) < 4.78 is 0. The van der Waals surface area contributed by atoms with E-state index in [2.05, 4.69) is 39.0 Å². The third-order valence-corrected chi connectivity index (χ3v) is 3.83. The molecule has 0 aliphatic carbocycles. The fraction of sp³-hybridized carbons (Fsp3) is 0.500. The minimum absolute atomic E-state index is 0.308. The summed E-state index contributed by atoms with van der Waals surface area (Å²) in [6, 6.07) is 5.92. The number of allylic oxidation sites excluding steroid dienone is 2. The van der Waals surface area contributed by atoms with Gasteiger partial charge in [0.25, 0.3) is 0 Å². The van der Waals surface area contributed by atoms with Crippen molar-refractivity contribution in [2.24, 2.45) is 5.73 Å². The first-order valence-electron chi connectivity index (χ1n) is 7.72. The Morgan fingerprint density at radius 2 is 2.00 bits per heavy atom. The van der Waals surface area contributed by atoms with Gasteiger partial charge in [0.2, 0.25) is 5.91 Å². The Morgan fingerprint density at radius 1 is 1.25 bits per heavy atom. The smallest absolute Gasteiger partial charge is 0.248 e. The van der Waals surface area contributed by atoms with Crippen LogP contribution in [0, 0.1) is 0 Å². The largest absolute Gasteiger partial charge is 0.366 e. The molecule has 0 aliphatic rings. The molecule has 2 heteroatoms. The maximum absolute atomic E-state index is 11.7. The third-order valence-electron chi connectivity index (χ3n) is 3.83. The zero-order valence-corrected chi connectivity index (χ0v) is 13.0. The number of hydrogen-bond acceptors (Lipinski definition) is 1. The van der Waals surface area contributed by atoms with Crippen molar-refractivity contribution in [3.63, 3.8) is 0 Å². The summed E-state index contributed by atoms with van der Waals surface area (Å²) in [6.07, 6.45) is 9.63. The van der Waals surface area contributed by atoms with Gasteiger partial charge in [-0.05, 0) is 55.2 Å². The summed E-state index contributed by atoms with van der Waals surface area (Å²) in [4.78, 5) is 11.7. The van der Waals surface area contributed by atoms with Gasteiger partial charge in [-0.1, -0.05) is 45.1 Å². The van der Waals surface area contributed by atoms with E-state index in [-0.39, 0.29) is 5.91 Å². The van der Waals surface area contributed by atoms with Crippen LogP contribution < -0.4 is 5.73 Å². The number of rotatable bonds is 8. The predicted octanol–water partition coefficient (Wildman–Crippen LogP) is 4.59. The number of carbonyl (C=O) groups excluding carboxylic acids is 1. The van der Waals surface area contributed by atoms with Gasteiger partial charge in [0.05, 0.1) is 0 Å². The molecular formula is C18H27NO. The van der Waals surface area contributed by atoms with Crippen LogP contribution in [0.2, 0.25) is 0 Å². The molecule has 1 amide bonds. The number of aryl methyl sites for hydroxylation is 1. The highest BCUT2D eigenvalue weighted by Crippen LogP contribution is 2.31. The van der Waals surface area contributed by atoms with E-state index in [4.69, 9.17) is 5.73 Å². The van der Waals surface area contributed by atoms with Gasteiger partial charge in [0.1, 0.15) is 0 Å². The summed E-state index contributed by atoms with van der Waals surface area (Å²) in [5.74, 6) is 0.105. The molecule has 0 spiro atoms. The standard InChI is InChI=1S/C18H27NO/c1-4-7-8-9-11-14(5-2)17-15(6-3)12-10-13-16(17)18(19)20/h7-8,10,12-14H,4-6,9,11H2,1-3H3,(H2,19,20)/b8-7+. The van der Waals surface area contributed by atoms with E-state index in [1.165, 1.54) is 11.1 Å². The highest BCUT2D eigenvalue weighted by molar-refractivity contribution is 5.94. The Labute approximate surface area is 123 Å². The molecule has 20 heavy (non-hydrogen) atoms. The minimum atomic E-state index is -0.308. The lowest BCUT2D eigenvalue weighted by Gasteiger charge is -2.21. The Bertz CT molecular complexity index is 462. The molecule has 0 heterocycles. The van der Waals surface area contributed by atoms with Crippen LogP contribution in [0.1, 0.15) is 73.9 Å². The molecule has 1 unspecified atom stereocenters. The topological polar surface area (TPSA) is 43.1 Å². The lowest BCUT2D eigenvalue weighted by molar-refractivity contribution is 0.0998. The van der Waals surface area contributed by atoms with E-state index in [1.807, 2.05) is 12.1 Å². The van der Waals surface area contributed by atoms with E-state index >= 15 is 0 Å². The molecule has 0 fully saturated rings. The zero-order valence-electron chi connectivity index (χ0n) is 13.0. The van der Waals surface area contributed by atoms with Gasteiger partial charge in [-0.2, -0.15) is 0 Å². The molecule has 2 nitrogen and oxygen atoms in total. The first kappa shape index (κ1) is 16.5. The third kappa shape index (κ3) is 4.22. The molecule has 0 bridgehead atoms. The molecule has 0 saturated carbocycles. The summed E-state index contributed by atoms with van der Waals surface area (Å²) >= 11 is 0. The molecule has 0 saturated heterocycles. The summed E-state index contributed by atoms with van der Waals surface area (Å²) in [7, 11) is 0. The van der Waals surface area contributed by atoms with Gasteiger partial charge < -0.3 is 5.73 Å². The molecule has 0 aliphatic heterocycles. The molecule has 1 rings (SSSR count). The molecule has 1 atom stereocenters. The number of nitrogens with two attached hydrogens (primary N) is 1. The highest BCUT2D eigenvalue weighted by Gasteiger charge is 2.19. The number of benzene rings is 1. The van der Waals surface area contributed by atoms with Crippen LogP contribution in [0.15, 0.2) is 30.4 Å². The van der Waals surface area contributed by atoms with Crippen molar-refractivity contribution < 1.29 is 4.79 Å². The van der Waals surface area contributed by atoms with Gasteiger partial charge in [-0.25, -0.2) is 0 Å². The van der Waals surface area contributed by atoms with Crippen molar-refractivity contribution in [3.05, 3.63) is 47.0 Å². The number of amides is 1. The molecule has 2 N–H and O–H groups in total. The number of primary amides is 1. The van der Waals surface area contributed by atoms with Crippen LogP contribution in [0.25, 0.3) is 0 Å². The SMILES string of the molecule is CC/C=C/CCC(CC)c1c(CC)cccc1C(N)=O. The van der Waals surface area contributed by atoms with Crippen molar-refractivity contribution in [1.29, 1.82) is 0 Å². The second-order valence-corrected chi connectivity index (χ2v) is 5.16. The van der Waals surface area contributed by atoms with Crippen molar-refractivity contribution in [1.82, 2.24) is 0 Å². The van der Waals surface area contributed by atoms with Gasteiger partial charge in [-0.3, -0.25) is 4.79 Å². The van der Waals surface area contributed by atoms with Crippen LogP contribution in [0.5, 0.6) is 0 Å². The first-order valence-corrected chi connectivity index (χ1v) is 7.72. The van der Waals surface area contributed by atoms with Crippen molar-refractivity contribution in [2.45, 2.75) is 58.8 Å². The van der Waals surface area contributed by atoms with Crippen LogP contribution in [0.4, 0.5) is 0 Å². The van der Waals surface area contributed by atoms with Gasteiger partial charge in [-0.15, -0.1) is 0 Å². The number of hydrogen-bond donors (Lipinski definition) is 1. The van der Waals surface area contributed by atoms with Crippen molar-refractivity contribution in [3.8, 4) is 0 Å². The maximum atomic E-state index is 11.7. The molecular weight excluding hydrogens is 246 g/mol. The normalized spacial score (nSPS) is 12.8. The fourth-order valence-corrected chi connectivity index (χ4v) is 2.75. The molecule has 0 aromatic heterocycles. The fourth-order valence-electron chi connectivity index (χ4n) is 2.75. The van der Waals surface area contributed by atoms with Crippen molar-refractivity contribution >= 4 is 5.91 Å². The van der Waals surface area contributed by atoms with Crippen LogP contribution in [0.3, 0.4) is 0 Å². The summed E-state index contributed by atoms with van der Waals surface area (Å²) in [5, 5.41) is 0. The summed E-state index contributed by atoms with van der Waals surface area (Å²) in [6.45, 7) is 6.46. The van der Waals surface area contributed by atoms with E-state index < -0.39 is 0 Å². The van der Waals surface area contributed by atoms with E-state index in [0.29, 0.717) is 11.5 Å². The lowest BCUT2D eigenvalue weighted by atomic mass is 9.84. The molecule has 110 valence electrons. The number of carbonyl (C=O) groups is 1. The average molecular weight is 273 g/mol. The van der Waals surface area contributed by atoms with Gasteiger partial charge >= 0.3 is 0 Å². The van der Waals surface area contributed by atoms with Crippen LogP contribution >= 0.6 is 0 Å². The maximum Gasteiger partial charge on any atom is 0.248 e. The predicted molar refractivity (Wildman–Crippen MR) is 86.0 cm³/mol. The van der Waals surface area contributed by atoms with Gasteiger partial charge in [0.15, 0.2) is 0 Å². The molecule has 1 aromatic rings. The second kappa shape index (κ2) is 8.57. The first-order chi connectivity index (χ1) is 9.65. The Balaban J connectivity index is 3.05. The zero-order chi connectivity index (χ0) is 15.0. The van der Waals surface area contributed by atoms with Crippen molar-refractivity contribution in [2.75, 3.05) is 0 Å². The van der Waals surface area contributed by atoms with E-state index in [0.717, 1.165) is 32.1 Å². The monoisotopic (exact) mass is 273 g/mol. The molecule has 1 aromatic carbocycles. The Hall–Kier alpha value is -1.57. The average Bonchev–Trinajstić information content (AvgIpc) is 2.46. The van der Waals surface area contributed by atoms with Gasteiger partial charge in [0, 0.05) is 5.56 Å². The lowest BCUT2D eigenvalue weighted by Crippen LogP contribution is -2.17. The highest BCUT2D eigenvalue weighted by atomic mass is 16.1. The minimum Gasteiger partial charge on any atom is -0.366 e. The van der Waals surface area contributed by atoms with Crippen LogP contribution in [-0.4, -0.2) is 5.91 Å². The Morgan fingerprint density at radius 3 is 2.55 bits per heavy atom. The molecule has 0 radical (unpaired) electrons. The second-order valence-electron chi connectivity index (χ2n) is 5.16. The Kier molecular flexibility index (Phi) is 7.06. The summed E-state index contributed by atoms with van der Waals surface area (Å²) in [5.41, 5.74) is 8.69. The van der Waals surface area contributed by atoms with E-state index in [1.54, 1.807) is 0 Å². The van der Waals surface area contributed by atoms with Crippen LogP contribution in [-0.2, 0) is 6.42 Å². The quantitative estimate of drug-likeness (QED) is 0.692. The van der Waals surface area contributed by atoms with E-state index in [9.17, 15) is 4.79 Å².